The van der Waals surface area contributed by atoms with Gasteiger partial charge in [0.2, 0.25) is 0 Å². The molecule has 0 aromatic heterocycles. The van der Waals surface area contributed by atoms with Crippen molar-refractivity contribution in [2.24, 2.45) is 23.0 Å². The van der Waals surface area contributed by atoms with Gasteiger partial charge < -0.3 is 15.4 Å². The van der Waals surface area contributed by atoms with Gasteiger partial charge in [-0.1, -0.05) is 12.8 Å². The van der Waals surface area contributed by atoms with Crippen LogP contribution in [0.1, 0.15) is 52.9 Å². The van der Waals surface area contributed by atoms with Gasteiger partial charge >= 0.3 is 6.09 Å². The number of rotatable bonds is 2. The molecule has 2 heterocycles. The van der Waals surface area contributed by atoms with Crippen molar-refractivity contribution < 1.29 is 9.53 Å². The predicted octanol–water partition coefficient (Wildman–Crippen LogP) is 2.76. The lowest BCUT2D eigenvalue weighted by Crippen LogP contribution is -2.52. The third-order valence-corrected chi connectivity index (χ3v) is 5.64. The minimum absolute atomic E-state index is 0.127. The topological polar surface area (TPSA) is 55.6 Å². The van der Waals surface area contributed by atoms with Crippen LogP contribution in [-0.2, 0) is 4.74 Å². The molecular formula is C16H28N2O2. The molecule has 2 N–H and O–H groups in total. The van der Waals surface area contributed by atoms with E-state index in [1.165, 1.54) is 25.7 Å². The Kier molecular flexibility index (Phi) is 3.27. The summed E-state index contributed by atoms with van der Waals surface area (Å²) >= 11 is 0. The van der Waals surface area contributed by atoms with E-state index < -0.39 is 5.60 Å². The molecule has 114 valence electrons. The van der Waals surface area contributed by atoms with Crippen LogP contribution in [0.2, 0.25) is 0 Å². The number of ether oxygens (including phenoxy) is 1. The van der Waals surface area contributed by atoms with Crippen molar-refractivity contribution >= 4 is 6.09 Å². The fraction of sp³-hybridized carbons (Fsp3) is 0.938. The van der Waals surface area contributed by atoms with E-state index in [0.717, 1.165) is 19.5 Å². The molecule has 2 aliphatic heterocycles. The smallest absolute Gasteiger partial charge is 0.410 e. The summed E-state index contributed by atoms with van der Waals surface area (Å²) in [5, 5.41) is 0. The van der Waals surface area contributed by atoms with Crippen LogP contribution in [0, 0.1) is 17.3 Å². The summed E-state index contributed by atoms with van der Waals surface area (Å²) in [5.41, 5.74) is 6.03. The highest BCUT2D eigenvalue weighted by molar-refractivity contribution is 5.70. The predicted molar refractivity (Wildman–Crippen MR) is 78.3 cm³/mol. The fourth-order valence-corrected chi connectivity index (χ4v) is 4.81. The quantitative estimate of drug-likeness (QED) is 0.846. The molecule has 3 atom stereocenters. The fourth-order valence-electron chi connectivity index (χ4n) is 4.81. The van der Waals surface area contributed by atoms with Crippen molar-refractivity contribution in [2.45, 2.75) is 64.5 Å². The second-order valence-corrected chi connectivity index (χ2v) is 8.00. The Morgan fingerprint density at radius 3 is 2.55 bits per heavy atom. The molecule has 2 saturated carbocycles. The Hall–Kier alpha value is -0.770. The van der Waals surface area contributed by atoms with Crippen LogP contribution in [0.5, 0.6) is 0 Å². The first-order chi connectivity index (χ1) is 9.36. The highest BCUT2D eigenvalue weighted by Crippen LogP contribution is 2.59. The summed E-state index contributed by atoms with van der Waals surface area (Å²) in [6.07, 6.45) is 6.15. The third-order valence-electron chi connectivity index (χ3n) is 5.64. The maximum absolute atomic E-state index is 12.3. The number of carbonyl (C=O) groups is 1. The Bertz CT molecular complexity index is 396. The van der Waals surface area contributed by atoms with Gasteiger partial charge in [-0.2, -0.15) is 0 Å². The summed E-state index contributed by atoms with van der Waals surface area (Å²) in [6, 6.07) is 0.386. The summed E-state index contributed by atoms with van der Waals surface area (Å²) in [7, 11) is 0. The SMILES string of the molecule is CC(C)(C)OC(=O)N1C[C@@H]2C[C@H]1C2C1(CN)CCCC1. The van der Waals surface area contributed by atoms with E-state index in [1.54, 1.807) is 0 Å². The maximum atomic E-state index is 12.3. The average molecular weight is 280 g/mol. The first-order valence-corrected chi connectivity index (χ1v) is 8.06. The van der Waals surface area contributed by atoms with Gasteiger partial charge in [-0.15, -0.1) is 0 Å². The van der Waals surface area contributed by atoms with Gasteiger partial charge in [0, 0.05) is 12.6 Å². The number of hydrogen-bond acceptors (Lipinski definition) is 3. The molecule has 4 heteroatoms. The van der Waals surface area contributed by atoms with E-state index in [-0.39, 0.29) is 6.09 Å². The summed E-state index contributed by atoms with van der Waals surface area (Å²) in [5.74, 6) is 1.29. The van der Waals surface area contributed by atoms with Crippen LogP contribution in [0.3, 0.4) is 0 Å². The second kappa shape index (κ2) is 4.62. The van der Waals surface area contributed by atoms with Crippen molar-refractivity contribution in [3.8, 4) is 0 Å². The number of nitrogens with two attached hydrogens (primary N) is 1. The van der Waals surface area contributed by atoms with E-state index in [9.17, 15) is 4.79 Å². The monoisotopic (exact) mass is 280 g/mol. The standard InChI is InChI=1S/C16H28N2O2/c1-15(2,3)20-14(19)18-9-11-8-12(18)13(11)16(10-17)6-4-5-7-16/h11-13H,4-10,17H2,1-3H3/t11-,12-,13?/m0/s1. The van der Waals surface area contributed by atoms with Crippen molar-refractivity contribution in [3.05, 3.63) is 0 Å². The molecule has 0 aromatic rings. The van der Waals surface area contributed by atoms with Crippen LogP contribution < -0.4 is 5.73 Å². The van der Waals surface area contributed by atoms with Crippen LogP contribution in [0.25, 0.3) is 0 Å². The zero-order valence-electron chi connectivity index (χ0n) is 13.0. The highest BCUT2D eigenvalue weighted by atomic mass is 16.6. The minimum Gasteiger partial charge on any atom is -0.444 e. The van der Waals surface area contributed by atoms with Gasteiger partial charge in [-0.05, 0) is 63.8 Å². The van der Waals surface area contributed by atoms with Gasteiger partial charge in [-0.3, -0.25) is 0 Å². The molecule has 2 bridgehead atoms. The van der Waals surface area contributed by atoms with Crippen LogP contribution in [-0.4, -0.2) is 35.7 Å². The first kappa shape index (κ1) is 14.2. The second-order valence-electron chi connectivity index (χ2n) is 8.00. The van der Waals surface area contributed by atoms with Gasteiger partial charge in [0.1, 0.15) is 5.60 Å². The average Bonchev–Trinajstić information content (AvgIpc) is 3.00. The highest BCUT2D eigenvalue weighted by Gasteiger charge is 2.61. The molecule has 4 aliphatic rings. The Morgan fingerprint density at radius 2 is 2.00 bits per heavy atom. The van der Waals surface area contributed by atoms with Crippen LogP contribution in [0.4, 0.5) is 4.79 Å². The molecule has 0 radical (unpaired) electrons. The number of fused-ring (bicyclic) bond motifs is 1. The van der Waals surface area contributed by atoms with E-state index in [4.69, 9.17) is 10.5 Å². The van der Waals surface area contributed by atoms with Crippen molar-refractivity contribution in [1.29, 1.82) is 0 Å². The first-order valence-electron chi connectivity index (χ1n) is 8.06. The molecule has 4 rings (SSSR count). The Balaban J connectivity index is 1.70. The molecule has 2 saturated heterocycles. The van der Waals surface area contributed by atoms with E-state index in [0.29, 0.717) is 23.3 Å². The Morgan fingerprint density at radius 1 is 1.35 bits per heavy atom. The molecule has 1 unspecified atom stereocenters. The minimum atomic E-state index is -0.404. The van der Waals surface area contributed by atoms with Crippen LogP contribution >= 0.6 is 0 Å². The van der Waals surface area contributed by atoms with Crippen molar-refractivity contribution in [1.82, 2.24) is 4.90 Å². The molecule has 0 aromatic carbocycles. The van der Waals surface area contributed by atoms with E-state index >= 15 is 0 Å². The number of amides is 1. The molecule has 2 aliphatic carbocycles. The Labute approximate surface area is 122 Å². The van der Waals surface area contributed by atoms with Crippen molar-refractivity contribution in [2.75, 3.05) is 13.1 Å². The number of nitrogens with zero attached hydrogens (tertiary/aromatic N) is 1. The molecule has 0 spiro atoms. The lowest BCUT2D eigenvalue weighted by Gasteiger charge is -2.48. The normalized spacial score (nSPS) is 35.0. The summed E-state index contributed by atoms with van der Waals surface area (Å²) in [4.78, 5) is 14.3. The summed E-state index contributed by atoms with van der Waals surface area (Å²) < 4.78 is 5.55. The van der Waals surface area contributed by atoms with Crippen LogP contribution in [0.15, 0.2) is 0 Å². The largest absolute Gasteiger partial charge is 0.444 e. The van der Waals surface area contributed by atoms with Crippen molar-refractivity contribution in [3.63, 3.8) is 0 Å². The lowest BCUT2D eigenvalue weighted by atomic mass is 9.58. The van der Waals surface area contributed by atoms with Gasteiger partial charge in [-0.25, -0.2) is 4.79 Å². The maximum Gasteiger partial charge on any atom is 0.410 e. The number of carbonyl (C=O) groups excluding carboxylic acids is 1. The summed E-state index contributed by atoms with van der Waals surface area (Å²) in [6.45, 7) is 7.46. The molecule has 4 fully saturated rings. The zero-order valence-corrected chi connectivity index (χ0v) is 13.0. The molecular weight excluding hydrogens is 252 g/mol. The van der Waals surface area contributed by atoms with Gasteiger partial charge in [0.05, 0.1) is 0 Å². The third kappa shape index (κ3) is 2.12. The molecule has 4 nitrogen and oxygen atoms in total. The molecule has 20 heavy (non-hydrogen) atoms. The molecule has 1 amide bonds. The lowest BCUT2D eigenvalue weighted by molar-refractivity contribution is -0.000976. The van der Waals surface area contributed by atoms with E-state index in [2.05, 4.69) is 0 Å². The van der Waals surface area contributed by atoms with E-state index in [1.807, 2.05) is 25.7 Å². The van der Waals surface area contributed by atoms with Gasteiger partial charge in [0.15, 0.2) is 0 Å². The van der Waals surface area contributed by atoms with Gasteiger partial charge in [0.25, 0.3) is 0 Å². The number of hydrogen-bond donors (Lipinski definition) is 1. The zero-order chi connectivity index (χ0) is 14.5.